The lowest BCUT2D eigenvalue weighted by molar-refractivity contribution is 0.150. The molecule has 2 fully saturated rings. The van der Waals surface area contributed by atoms with E-state index >= 15 is 0 Å². The maximum atomic E-state index is 12.5. The normalized spacial score (nSPS) is 18.9. The summed E-state index contributed by atoms with van der Waals surface area (Å²) in [7, 11) is 0. The molecule has 0 atom stereocenters. The van der Waals surface area contributed by atoms with Gasteiger partial charge in [-0.15, -0.1) is 10.2 Å². The molecule has 1 N–H and O–H groups in total. The first-order valence-corrected chi connectivity index (χ1v) is 9.63. The van der Waals surface area contributed by atoms with Crippen molar-refractivity contribution in [3.63, 3.8) is 0 Å². The molecule has 2 aliphatic heterocycles. The summed E-state index contributed by atoms with van der Waals surface area (Å²) in [5.74, 6) is 0.335. The molecule has 0 aliphatic carbocycles. The molecule has 26 heavy (non-hydrogen) atoms. The number of urea groups is 1. The summed E-state index contributed by atoms with van der Waals surface area (Å²) in [6.45, 7) is 7.69. The number of rotatable bonds is 3. The Kier molecular flexibility index (Phi) is 4.65. The van der Waals surface area contributed by atoms with Gasteiger partial charge in [-0.05, 0) is 37.7 Å². The quantitative estimate of drug-likeness (QED) is 0.912. The van der Waals surface area contributed by atoms with Gasteiger partial charge in [-0.1, -0.05) is 13.8 Å². The van der Waals surface area contributed by atoms with E-state index in [-0.39, 0.29) is 6.03 Å². The molecule has 0 bridgehead atoms. The van der Waals surface area contributed by atoms with Crippen LogP contribution in [0.5, 0.6) is 0 Å². The standard InChI is InChI=1S/C18H27N7O/c1-13(2)15-11-16(17-21-19-12-25(17)22-15)20-14-5-9-24(10-6-14)18(26)23-7-3-4-8-23/h11-14,20H,3-10H2,1-2H3. The Labute approximate surface area is 153 Å². The fraction of sp³-hybridized carbons (Fsp3) is 0.667. The lowest BCUT2D eigenvalue weighted by Gasteiger charge is -2.35. The number of carbonyl (C=O) groups excluding carboxylic acids is 1. The number of nitrogens with zero attached hydrogens (tertiary/aromatic N) is 6. The van der Waals surface area contributed by atoms with E-state index in [0.717, 1.165) is 68.9 Å². The Bertz CT molecular complexity index is 773. The van der Waals surface area contributed by atoms with Gasteiger partial charge in [-0.3, -0.25) is 0 Å². The summed E-state index contributed by atoms with van der Waals surface area (Å²) in [6, 6.07) is 2.63. The Balaban J connectivity index is 1.42. The number of anilines is 1. The molecule has 0 spiro atoms. The van der Waals surface area contributed by atoms with Crippen LogP contribution < -0.4 is 5.32 Å². The largest absolute Gasteiger partial charge is 0.379 e. The van der Waals surface area contributed by atoms with E-state index in [1.165, 1.54) is 0 Å². The molecule has 2 aromatic heterocycles. The summed E-state index contributed by atoms with van der Waals surface area (Å²) in [6.07, 6.45) is 5.80. The monoisotopic (exact) mass is 357 g/mol. The van der Waals surface area contributed by atoms with Crippen LogP contribution in [0.3, 0.4) is 0 Å². The van der Waals surface area contributed by atoms with E-state index < -0.39 is 0 Å². The van der Waals surface area contributed by atoms with Crippen molar-refractivity contribution in [2.24, 2.45) is 0 Å². The maximum absolute atomic E-state index is 12.5. The molecule has 140 valence electrons. The van der Waals surface area contributed by atoms with Gasteiger partial charge in [0.1, 0.15) is 6.33 Å². The number of piperidine rings is 1. The first-order valence-electron chi connectivity index (χ1n) is 9.63. The number of nitrogens with one attached hydrogen (secondary N) is 1. The highest BCUT2D eigenvalue weighted by atomic mass is 16.2. The number of fused-ring (bicyclic) bond motifs is 1. The number of hydrogen-bond acceptors (Lipinski definition) is 5. The van der Waals surface area contributed by atoms with Crippen molar-refractivity contribution >= 4 is 17.4 Å². The van der Waals surface area contributed by atoms with Crippen LogP contribution >= 0.6 is 0 Å². The summed E-state index contributed by atoms with van der Waals surface area (Å²) >= 11 is 0. The zero-order valence-corrected chi connectivity index (χ0v) is 15.6. The lowest BCUT2D eigenvalue weighted by atomic mass is 10.0. The van der Waals surface area contributed by atoms with Crippen molar-refractivity contribution in [3.05, 3.63) is 18.1 Å². The van der Waals surface area contributed by atoms with E-state index in [0.29, 0.717) is 12.0 Å². The van der Waals surface area contributed by atoms with Gasteiger partial charge in [0.15, 0.2) is 0 Å². The van der Waals surface area contributed by atoms with Gasteiger partial charge in [0.25, 0.3) is 0 Å². The maximum Gasteiger partial charge on any atom is 0.319 e. The molecule has 0 saturated carbocycles. The van der Waals surface area contributed by atoms with Crippen LogP contribution in [0.25, 0.3) is 5.65 Å². The fourth-order valence-corrected chi connectivity index (χ4v) is 3.78. The Morgan fingerprint density at radius 2 is 1.85 bits per heavy atom. The van der Waals surface area contributed by atoms with Crippen LogP contribution in [-0.4, -0.2) is 67.9 Å². The molecule has 8 heteroatoms. The second kappa shape index (κ2) is 7.09. The molecular weight excluding hydrogens is 330 g/mol. The average molecular weight is 357 g/mol. The molecule has 2 aliphatic rings. The van der Waals surface area contributed by atoms with Crippen molar-refractivity contribution in [1.29, 1.82) is 0 Å². The zero-order valence-electron chi connectivity index (χ0n) is 15.6. The lowest BCUT2D eigenvalue weighted by Crippen LogP contribution is -2.47. The molecule has 2 amide bonds. The highest BCUT2D eigenvalue weighted by Crippen LogP contribution is 2.24. The van der Waals surface area contributed by atoms with Crippen molar-refractivity contribution in [1.82, 2.24) is 29.6 Å². The highest BCUT2D eigenvalue weighted by Gasteiger charge is 2.28. The first kappa shape index (κ1) is 17.1. The van der Waals surface area contributed by atoms with Crippen LogP contribution in [0.2, 0.25) is 0 Å². The second-order valence-corrected chi connectivity index (χ2v) is 7.62. The Morgan fingerprint density at radius 3 is 2.54 bits per heavy atom. The number of aromatic nitrogens is 4. The van der Waals surface area contributed by atoms with E-state index in [1.54, 1.807) is 10.8 Å². The summed E-state index contributed by atoms with van der Waals surface area (Å²) in [5.41, 5.74) is 2.75. The number of likely N-dealkylation sites (tertiary alicyclic amines) is 2. The van der Waals surface area contributed by atoms with Gasteiger partial charge in [-0.25, -0.2) is 4.79 Å². The van der Waals surface area contributed by atoms with E-state index in [9.17, 15) is 4.79 Å². The van der Waals surface area contributed by atoms with Gasteiger partial charge >= 0.3 is 6.03 Å². The van der Waals surface area contributed by atoms with Gasteiger partial charge in [-0.2, -0.15) is 9.61 Å². The molecule has 2 aromatic rings. The van der Waals surface area contributed by atoms with Gasteiger partial charge in [0, 0.05) is 32.2 Å². The summed E-state index contributed by atoms with van der Waals surface area (Å²) in [4.78, 5) is 16.5. The number of carbonyl (C=O) groups is 1. The Hall–Kier alpha value is -2.38. The minimum Gasteiger partial charge on any atom is -0.379 e. The van der Waals surface area contributed by atoms with Crippen LogP contribution in [0, 0.1) is 0 Å². The molecule has 4 rings (SSSR count). The fourth-order valence-electron chi connectivity index (χ4n) is 3.78. The zero-order chi connectivity index (χ0) is 18.1. The van der Waals surface area contributed by atoms with Gasteiger partial charge < -0.3 is 15.1 Å². The topological polar surface area (TPSA) is 78.7 Å². The van der Waals surface area contributed by atoms with E-state index in [4.69, 9.17) is 0 Å². The van der Waals surface area contributed by atoms with Crippen LogP contribution in [0.1, 0.15) is 51.1 Å². The average Bonchev–Trinajstić information content (AvgIpc) is 3.33. The number of amides is 2. The molecule has 0 radical (unpaired) electrons. The van der Waals surface area contributed by atoms with Crippen LogP contribution in [-0.2, 0) is 0 Å². The third-order valence-corrected chi connectivity index (χ3v) is 5.38. The van der Waals surface area contributed by atoms with Crippen molar-refractivity contribution in [2.75, 3.05) is 31.5 Å². The SMILES string of the molecule is CC(C)c1cc(NC2CCN(C(=O)N3CCCC3)CC2)c2nncn2n1. The molecule has 4 heterocycles. The predicted octanol–water partition coefficient (Wildman–Crippen LogP) is 2.34. The highest BCUT2D eigenvalue weighted by molar-refractivity contribution is 5.75. The molecule has 0 unspecified atom stereocenters. The summed E-state index contributed by atoms with van der Waals surface area (Å²) in [5, 5.41) is 16.4. The van der Waals surface area contributed by atoms with E-state index in [2.05, 4.69) is 40.5 Å². The second-order valence-electron chi connectivity index (χ2n) is 7.62. The third kappa shape index (κ3) is 3.32. The smallest absolute Gasteiger partial charge is 0.319 e. The predicted molar refractivity (Wildman–Crippen MR) is 99.3 cm³/mol. The van der Waals surface area contributed by atoms with Crippen LogP contribution in [0.4, 0.5) is 10.5 Å². The van der Waals surface area contributed by atoms with Crippen molar-refractivity contribution in [3.8, 4) is 0 Å². The molecular formula is C18H27N7O. The Morgan fingerprint density at radius 1 is 1.15 bits per heavy atom. The van der Waals surface area contributed by atoms with Crippen molar-refractivity contribution < 1.29 is 4.79 Å². The molecule has 0 aromatic carbocycles. The number of hydrogen-bond donors (Lipinski definition) is 1. The summed E-state index contributed by atoms with van der Waals surface area (Å²) < 4.78 is 1.74. The van der Waals surface area contributed by atoms with Crippen LogP contribution in [0.15, 0.2) is 12.4 Å². The molecule has 8 nitrogen and oxygen atoms in total. The molecule has 2 saturated heterocycles. The van der Waals surface area contributed by atoms with Gasteiger partial charge in [0.05, 0.1) is 11.4 Å². The van der Waals surface area contributed by atoms with Gasteiger partial charge in [0.2, 0.25) is 5.65 Å². The van der Waals surface area contributed by atoms with Crippen molar-refractivity contribution in [2.45, 2.75) is 51.5 Å². The first-order chi connectivity index (χ1) is 12.6. The minimum atomic E-state index is 0.215. The van der Waals surface area contributed by atoms with E-state index in [1.807, 2.05) is 9.80 Å². The minimum absolute atomic E-state index is 0.215. The third-order valence-electron chi connectivity index (χ3n) is 5.38.